The highest BCUT2D eigenvalue weighted by molar-refractivity contribution is 5.85. The number of methoxy groups -OCH3 is 1. The van der Waals surface area contributed by atoms with E-state index < -0.39 is 0 Å². The Balaban J connectivity index is 0.00000162. The lowest BCUT2D eigenvalue weighted by atomic mass is 10.0. The third kappa shape index (κ3) is 4.42. The molecule has 0 aliphatic carbocycles. The maximum atomic E-state index is 9.93. The summed E-state index contributed by atoms with van der Waals surface area (Å²) in [6.07, 6.45) is 0. The Bertz CT molecular complexity index is 385. The van der Waals surface area contributed by atoms with Crippen molar-refractivity contribution in [2.45, 2.75) is 13.0 Å². The van der Waals surface area contributed by atoms with E-state index in [1.807, 2.05) is 6.07 Å². The number of hydrogen-bond donors (Lipinski definition) is 2. The summed E-state index contributed by atoms with van der Waals surface area (Å²) in [5.74, 6) is 1.14. The number of benzene rings is 1. The molecule has 0 unspecified atom stereocenters. The highest BCUT2D eigenvalue weighted by Crippen LogP contribution is 2.31. The van der Waals surface area contributed by atoms with Gasteiger partial charge in [0.15, 0.2) is 0 Å². The minimum Gasteiger partial charge on any atom is -0.508 e. The first kappa shape index (κ1) is 18.3. The van der Waals surface area contributed by atoms with Crippen LogP contribution in [0.15, 0.2) is 18.2 Å². The fourth-order valence-corrected chi connectivity index (χ4v) is 2.26. The topological polar surface area (TPSA) is 44.7 Å². The van der Waals surface area contributed by atoms with Gasteiger partial charge >= 0.3 is 0 Å². The molecule has 0 bridgehead atoms. The van der Waals surface area contributed by atoms with Gasteiger partial charge in [-0.05, 0) is 25.1 Å². The molecule has 0 aromatic heterocycles. The molecule has 1 aliphatic heterocycles. The molecule has 0 saturated carbocycles. The normalized spacial score (nSPS) is 16.9. The van der Waals surface area contributed by atoms with Gasteiger partial charge in [0.1, 0.15) is 11.5 Å². The van der Waals surface area contributed by atoms with Crippen molar-refractivity contribution in [1.29, 1.82) is 0 Å². The SMILES string of the molecule is COc1ccc(O)c([C@H](C)N2CCNCC2)c1.Cl.Cl. The van der Waals surface area contributed by atoms with Gasteiger partial charge in [0.05, 0.1) is 7.11 Å². The summed E-state index contributed by atoms with van der Waals surface area (Å²) >= 11 is 0. The first-order valence-corrected chi connectivity index (χ1v) is 6.04. The zero-order valence-corrected chi connectivity index (χ0v) is 12.9. The summed E-state index contributed by atoms with van der Waals surface area (Å²) in [5.41, 5.74) is 0.936. The molecule has 0 spiro atoms. The molecule has 1 aliphatic rings. The van der Waals surface area contributed by atoms with E-state index >= 15 is 0 Å². The van der Waals surface area contributed by atoms with Crippen molar-refractivity contribution in [2.75, 3.05) is 33.3 Å². The van der Waals surface area contributed by atoms with Gasteiger partial charge in [-0.3, -0.25) is 4.90 Å². The van der Waals surface area contributed by atoms with Crippen molar-refractivity contribution in [3.63, 3.8) is 0 Å². The van der Waals surface area contributed by atoms with E-state index in [9.17, 15) is 5.11 Å². The Morgan fingerprint density at radius 2 is 1.89 bits per heavy atom. The molecule has 0 amide bonds. The number of nitrogens with one attached hydrogen (secondary N) is 1. The number of ether oxygens (including phenoxy) is 1. The minimum atomic E-state index is 0. The maximum Gasteiger partial charge on any atom is 0.120 e. The summed E-state index contributed by atoms with van der Waals surface area (Å²) < 4.78 is 5.21. The fourth-order valence-electron chi connectivity index (χ4n) is 2.26. The predicted octanol–water partition coefficient (Wildman–Crippen LogP) is 2.21. The fraction of sp³-hybridized carbons (Fsp3) is 0.538. The largest absolute Gasteiger partial charge is 0.508 e. The van der Waals surface area contributed by atoms with Crippen molar-refractivity contribution in [2.24, 2.45) is 0 Å². The Morgan fingerprint density at radius 1 is 1.26 bits per heavy atom. The van der Waals surface area contributed by atoms with Gasteiger partial charge in [-0.1, -0.05) is 0 Å². The molecule has 19 heavy (non-hydrogen) atoms. The van der Waals surface area contributed by atoms with Crippen LogP contribution < -0.4 is 10.1 Å². The highest BCUT2D eigenvalue weighted by Gasteiger charge is 2.20. The summed E-state index contributed by atoms with van der Waals surface area (Å²) in [6.45, 7) is 6.17. The number of halogens is 2. The molecule has 1 aromatic carbocycles. The van der Waals surface area contributed by atoms with E-state index in [-0.39, 0.29) is 30.9 Å². The molecule has 1 saturated heterocycles. The molecule has 1 fully saturated rings. The van der Waals surface area contributed by atoms with Crippen molar-refractivity contribution >= 4 is 24.8 Å². The number of phenols is 1. The third-order valence-corrected chi connectivity index (χ3v) is 3.38. The van der Waals surface area contributed by atoms with E-state index in [0.29, 0.717) is 5.75 Å². The summed E-state index contributed by atoms with van der Waals surface area (Å²) in [7, 11) is 1.64. The van der Waals surface area contributed by atoms with Crippen LogP contribution >= 0.6 is 24.8 Å². The van der Waals surface area contributed by atoms with Gasteiger partial charge < -0.3 is 15.2 Å². The number of nitrogens with zero attached hydrogens (tertiary/aromatic N) is 1. The standard InChI is InChI=1S/C13H20N2O2.2ClH/c1-10(15-7-5-14-6-8-15)12-9-11(17-2)3-4-13(12)16;;/h3-4,9-10,14,16H,5-8H2,1-2H3;2*1H/t10-;;/m0../s1. The molecule has 1 aromatic rings. The second kappa shape index (κ2) is 8.48. The first-order valence-electron chi connectivity index (χ1n) is 6.04. The van der Waals surface area contributed by atoms with Crippen LogP contribution in [0.3, 0.4) is 0 Å². The number of rotatable bonds is 3. The number of phenolic OH excluding ortho intramolecular Hbond substituents is 1. The van der Waals surface area contributed by atoms with Crippen LogP contribution in [0.2, 0.25) is 0 Å². The second-order valence-electron chi connectivity index (χ2n) is 4.39. The van der Waals surface area contributed by atoms with Crippen molar-refractivity contribution in [1.82, 2.24) is 10.2 Å². The van der Waals surface area contributed by atoms with Gasteiger partial charge in [-0.15, -0.1) is 24.8 Å². The molecule has 1 atom stereocenters. The quantitative estimate of drug-likeness (QED) is 0.898. The van der Waals surface area contributed by atoms with Crippen LogP contribution in [-0.2, 0) is 0 Å². The van der Waals surface area contributed by atoms with Crippen LogP contribution in [0.25, 0.3) is 0 Å². The Kier molecular flexibility index (Phi) is 8.18. The molecular weight excluding hydrogens is 287 g/mol. The smallest absolute Gasteiger partial charge is 0.120 e. The minimum absolute atomic E-state index is 0. The van der Waals surface area contributed by atoms with Crippen molar-refractivity contribution in [3.8, 4) is 11.5 Å². The average Bonchev–Trinajstić information content (AvgIpc) is 2.39. The van der Waals surface area contributed by atoms with E-state index in [1.165, 1.54) is 0 Å². The first-order chi connectivity index (χ1) is 8.22. The van der Waals surface area contributed by atoms with Gasteiger partial charge in [-0.25, -0.2) is 0 Å². The van der Waals surface area contributed by atoms with Crippen LogP contribution in [0.5, 0.6) is 11.5 Å². The number of hydrogen-bond acceptors (Lipinski definition) is 4. The average molecular weight is 309 g/mol. The number of aromatic hydroxyl groups is 1. The molecule has 1 heterocycles. The van der Waals surface area contributed by atoms with E-state index in [1.54, 1.807) is 19.2 Å². The zero-order valence-electron chi connectivity index (χ0n) is 11.3. The van der Waals surface area contributed by atoms with Crippen molar-refractivity contribution in [3.05, 3.63) is 23.8 Å². The maximum absolute atomic E-state index is 9.93. The van der Waals surface area contributed by atoms with Crippen LogP contribution in [0.4, 0.5) is 0 Å². The molecule has 6 heteroatoms. The molecule has 4 nitrogen and oxygen atoms in total. The summed E-state index contributed by atoms with van der Waals surface area (Å²) in [6, 6.07) is 5.62. The lowest BCUT2D eigenvalue weighted by Crippen LogP contribution is -2.44. The van der Waals surface area contributed by atoms with Crippen LogP contribution in [-0.4, -0.2) is 43.3 Å². The second-order valence-corrected chi connectivity index (χ2v) is 4.39. The van der Waals surface area contributed by atoms with E-state index in [2.05, 4.69) is 17.1 Å². The Hall–Kier alpha value is -0.680. The third-order valence-electron chi connectivity index (χ3n) is 3.38. The van der Waals surface area contributed by atoms with Gasteiger partial charge in [0.2, 0.25) is 0 Å². The van der Waals surface area contributed by atoms with Gasteiger partial charge in [0, 0.05) is 37.8 Å². The van der Waals surface area contributed by atoms with Crippen molar-refractivity contribution < 1.29 is 9.84 Å². The van der Waals surface area contributed by atoms with Gasteiger partial charge in [-0.2, -0.15) is 0 Å². The Labute approximate surface area is 127 Å². The lowest BCUT2D eigenvalue weighted by molar-refractivity contribution is 0.182. The molecule has 2 N–H and O–H groups in total. The Morgan fingerprint density at radius 3 is 2.47 bits per heavy atom. The predicted molar refractivity (Wildman–Crippen MR) is 82.0 cm³/mol. The van der Waals surface area contributed by atoms with Gasteiger partial charge in [0.25, 0.3) is 0 Å². The monoisotopic (exact) mass is 308 g/mol. The lowest BCUT2D eigenvalue weighted by Gasteiger charge is -2.33. The summed E-state index contributed by atoms with van der Waals surface area (Å²) in [4.78, 5) is 2.37. The van der Waals surface area contributed by atoms with E-state index in [0.717, 1.165) is 37.5 Å². The van der Waals surface area contributed by atoms with Crippen LogP contribution in [0, 0.1) is 0 Å². The molecule has 0 radical (unpaired) electrons. The van der Waals surface area contributed by atoms with E-state index in [4.69, 9.17) is 4.74 Å². The van der Waals surface area contributed by atoms with Crippen LogP contribution in [0.1, 0.15) is 18.5 Å². The zero-order chi connectivity index (χ0) is 12.3. The number of piperazine rings is 1. The summed E-state index contributed by atoms with van der Waals surface area (Å²) in [5, 5.41) is 13.3. The molecule has 2 rings (SSSR count). The highest BCUT2D eigenvalue weighted by atomic mass is 35.5. The molecule has 110 valence electrons. The molecular formula is C13H22Cl2N2O2.